The summed E-state index contributed by atoms with van der Waals surface area (Å²) in [6.07, 6.45) is 2.96. The Morgan fingerprint density at radius 3 is 2.58 bits per heavy atom. The minimum Gasteiger partial charge on any atom is -0.354 e. The summed E-state index contributed by atoms with van der Waals surface area (Å²) in [4.78, 5) is 12.2. The van der Waals surface area contributed by atoms with Crippen LogP contribution in [-0.4, -0.2) is 32.5 Å². The molecule has 1 aliphatic rings. The first-order chi connectivity index (χ1) is 9.15. The molecule has 0 saturated heterocycles. The van der Waals surface area contributed by atoms with Crippen molar-refractivity contribution in [3.8, 4) is 0 Å². The van der Waals surface area contributed by atoms with Gasteiger partial charge in [0.2, 0.25) is 0 Å². The van der Waals surface area contributed by atoms with Gasteiger partial charge in [-0.2, -0.15) is 0 Å². The number of ether oxygens (including phenoxy) is 2. The molecule has 1 N–H and O–H groups in total. The van der Waals surface area contributed by atoms with Crippen LogP contribution in [0, 0.1) is 0 Å². The van der Waals surface area contributed by atoms with E-state index in [0.717, 1.165) is 12.8 Å². The lowest BCUT2D eigenvalue weighted by molar-refractivity contribution is -0.117. The summed E-state index contributed by atoms with van der Waals surface area (Å²) in [5, 5.41) is 2.90. The Morgan fingerprint density at radius 1 is 1.21 bits per heavy atom. The average molecular weight is 263 g/mol. The van der Waals surface area contributed by atoms with Crippen molar-refractivity contribution in [1.29, 1.82) is 0 Å². The number of carbonyl (C=O) groups excluding carboxylic acids is 1. The maximum Gasteiger partial charge on any atom is 0.251 e. The van der Waals surface area contributed by atoms with E-state index in [9.17, 15) is 4.79 Å². The van der Waals surface area contributed by atoms with Crippen LogP contribution < -0.4 is 5.32 Å². The number of amides is 1. The molecule has 0 radical (unpaired) electrons. The quantitative estimate of drug-likeness (QED) is 0.826. The molecule has 0 bridgehead atoms. The molecular weight excluding hydrogens is 242 g/mol. The zero-order valence-corrected chi connectivity index (χ0v) is 11.7. The molecule has 0 heterocycles. The van der Waals surface area contributed by atoms with E-state index in [4.69, 9.17) is 9.47 Å². The van der Waals surface area contributed by atoms with Crippen LogP contribution in [0.4, 0.5) is 0 Å². The van der Waals surface area contributed by atoms with Crippen LogP contribution in [0.3, 0.4) is 0 Å². The Hall–Kier alpha value is -1.39. The Labute approximate surface area is 114 Å². The number of hydrogen-bond donors (Lipinski definition) is 1. The second-order valence-corrected chi connectivity index (χ2v) is 4.94. The molecule has 4 nitrogen and oxygen atoms in total. The summed E-state index contributed by atoms with van der Waals surface area (Å²) < 4.78 is 10.3. The van der Waals surface area contributed by atoms with E-state index in [1.807, 2.05) is 19.1 Å². The molecule has 1 aromatic carbocycles. The SMILES string of the molecule is COC(OC)C(C)NC(=O)c1ccc2c(c1)CCC2. The summed E-state index contributed by atoms with van der Waals surface area (Å²) in [5.74, 6) is -0.0821. The first kappa shape index (κ1) is 14.0. The van der Waals surface area contributed by atoms with Crippen LogP contribution in [0.25, 0.3) is 0 Å². The topological polar surface area (TPSA) is 47.6 Å². The second kappa shape index (κ2) is 6.17. The fourth-order valence-corrected chi connectivity index (χ4v) is 2.58. The van der Waals surface area contributed by atoms with Crippen LogP contribution in [-0.2, 0) is 22.3 Å². The standard InChI is InChI=1S/C15H21NO3/c1-10(15(18-2)19-3)16-14(17)13-8-7-11-5-4-6-12(11)9-13/h7-10,15H,4-6H2,1-3H3,(H,16,17). The number of aryl methyl sites for hydroxylation is 2. The van der Waals surface area contributed by atoms with E-state index >= 15 is 0 Å². The number of rotatable bonds is 5. The lowest BCUT2D eigenvalue weighted by Crippen LogP contribution is -2.42. The van der Waals surface area contributed by atoms with Gasteiger partial charge in [-0.3, -0.25) is 4.79 Å². The van der Waals surface area contributed by atoms with E-state index in [0.29, 0.717) is 5.56 Å². The molecule has 0 aliphatic heterocycles. The highest BCUT2D eigenvalue weighted by Crippen LogP contribution is 2.22. The molecule has 19 heavy (non-hydrogen) atoms. The van der Waals surface area contributed by atoms with E-state index in [1.54, 1.807) is 14.2 Å². The van der Waals surface area contributed by atoms with Crippen molar-refractivity contribution < 1.29 is 14.3 Å². The third-order valence-electron chi connectivity index (χ3n) is 3.59. The van der Waals surface area contributed by atoms with Crippen LogP contribution in [0.5, 0.6) is 0 Å². The average Bonchev–Trinajstić information content (AvgIpc) is 2.87. The number of carbonyl (C=O) groups is 1. The Morgan fingerprint density at radius 2 is 1.89 bits per heavy atom. The van der Waals surface area contributed by atoms with Gasteiger partial charge in [-0.25, -0.2) is 0 Å². The largest absolute Gasteiger partial charge is 0.354 e. The van der Waals surface area contributed by atoms with Gasteiger partial charge in [-0.15, -0.1) is 0 Å². The molecule has 0 fully saturated rings. The highest BCUT2D eigenvalue weighted by atomic mass is 16.7. The van der Waals surface area contributed by atoms with Crippen LogP contribution >= 0.6 is 0 Å². The second-order valence-electron chi connectivity index (χ2n) is 4.94. The highest BCUT2D eigenvalue weighted by Gasteiger charge is 2.20. The summed E-state index contributed by atoms with van der Waals surface area (Å²) in [5.41, 5.74) is 3.38. The molecule has 1 aromatic rings. The summed E-state index contributed by atoms with van der Waals surface area (Å²) in [6.45, 7) is 1.86. The maximum atomic E-state index is 12.2. The van der Waals surface area contributed by atoms with Crippen LogP contribution in [0.1, 0.15) is 34.8 Å². The Bertz CT molecular complexity index is 455. The van der Waals surface area contributed by atoms with Gasteiger partial charge in [0.1, 0.15) is 0 Å². The molecule has 0 spiro atoms. The van der Waals surface area contributed by atoms with Gasteiger partial charge in [0.05, 0.1) is 6.04 Å². The van der Waals surface area contributed by atoms with Gasteiger partial charge < -0.3 is 14.8 Å². The van der Waals surface area contributed by atoms with Gasteiger partial charge in [-0.1, -0.05) is 6.07 Å². The number of nitrogens with one attached hydrogen (secondary N) is 1. The van der Waals surface area contributed by atoms with E-state index in [-0.39, 0.29) is 11.9 Å². The molecule has 1 unspecified atom stereocenters. The van der Waals surface area contributed by atoms with E-state index < -0.39 is 6.29 Å². The zero-order valence-electron chi connectivity index (χ0n) is 11.7. The molecule has 2 rings (SSSR count). The van der Waals surface area contributed by atoms with Crippen molar-refractivity contribution in [2.75, 3.05) is 14.2 Å². The fourth-order valence-electron chi connectivity index (χ4n) is 2.58. The smallest absolute Gasteiger partial charge is 0.251 e. The summed E-state index contributed by atoms with van der Waals surface area (Å²) in [7, 11) is 3.12. The number of fused-ring (bicyclic) bond motifs is 1. The zero-order chi connectivity index (χ0) is 13.8. The van der Waals surface area contributed by atoms with Gasteiger partial charge in [0.25, 0.3) is 5.91 Å². The molecule has 0 aromatic heterocycles. The van der Waals surface area contributed by atoms with Gasteiger partial charge in [-0.05, 0) is 49.4 Å². The number of methoxy groups -OCH3 is 2. The van der Waals surface area contributed by atoms with E-state index in [1.165, 1.54) is 17.5 Å². The summed E-state index contributed by atoms with van der Waals surface area (Å²) in [6, 6.07) is 5.75. The van der Waals surface area contributed by atoms with Crippen molar-refractivity contribution in [2.45, 2.75) is 38.5 Å². The lowest BCUT2D eigenvalue weighted by atomic mass is 10.1. The van der Waals surface area contributed by atoms with Crippen LogP contribution in [0.15, 0.2) is 18.2 Å². The predicted octanol–water partition coefficient (Wildman–Crippen LogP) is 1.91. The van der Waals surface area contributed by atoms with Crippen molar-refractivity contribution in [3.05, 3.63) is 34.9 Å². The normalized spacial score (nSPS) is 15.4. The molecule has 1 amide bonds. The number of hydrogen-bond acceptors (Lipinski definition) is 3. The highest BCUT2D eigenvalue weighted by molar-refractivity contribution is 5.94. The molecular formula is C15H21NO3. The minimum atomic E-state index is -0.432. The molecule has 4 heteroatoms. The van der Waals surface area contributed by atoms with Gasteiger partial charge in [0.15, 0.2) is 6.29 Å². The third kappa shape index (κ3) is 3.14. The first-order valence-electron chi connectivity index (χ1n) is 6.64. The van der Waals surface area contributed by atoms with Crippen molar-refractivity contribution >= 4 is 5.91 Å². The van der Waals surface area contributed by atoms with Gasteiger partial charge in [0, 0.05) is 19.8 Å². The van der Waals surface area contributed by atoms with Crippen LogP contribution in [0.2, 0.25) is 0 Å². The molecule has 104 valence electrons. The van der Waals surface area contributed by atoms with Crippen molar-refractivity contribution in [2.24, 2.45) is 0 Å². The molecule has 1 aliphatic carbocycles. The molecule has 0 saturated carbocycles. The Balaban J connectivity index is 2.04. The predicted molar refractivity (Wildman–Crippen MR) is 73.2 cm³/mol. The molecule has 1 atom stereocenters. The summed E-state index contributed by atoms with van der Waals surface area (Å²) >= 11 is 0. The lowest BCUT2D eigenvalue weighted by Gasteiger charge is -2.22. The first-order valence-corrected chi connectivity index (χ1v) is 6.64. The number of benzene rings is 1. The minimum absolute atomic E-state index is 0.0821. The Kier molecular flexibility index (Phi) is 4.56. The maximum absolute atomic E-state index is 12.2. The third-order valence-corrected chi connectivity index (χ3v) is 3.59. The monoisotopic (exact) mass is 263 g/mol. The van der Waals surface area contributed by atoms with Crippen molar-refractivity contribution in [3.63, 3.8) is 0 Å². The van der Waals surface area contributed by atoms with Crippen molar-refractivity contribution in [1.82, 2.24) is 5.32 Å². The fraction of sp³-hybridized carbons (Fsp3) is 0.533. The van der Waals surface area contributed by atoms with E-state index in [2.05, 4.69) is 11.4 Å². The van der Waals surface area contributed by atoms with Gasteiger partial charge >= 0.3 is 0 Å².